The predicted molar refractivity (Wildman–Crippen MR) is 72.8 cm³/mol. The summed E-state index contributed by atoms with van der Waals surface area (Å²) in [4.78, 5) is 16.2. The van der Waals surface area contributed by atoms with Crippen LogP contribution in [0.4, 0.5) is 0 Å². The molecule has 2 rings (SSSR count). The van der Waals surface area contributed by atoms with Crippen molar-refractivity contribution in [3.8, 4) is 5.88 Å². The molecule has 104 valence electrons. The number of nitrogens with one attached hydrogen (secondary N) is 2. The minimum Gasteiger partial charge on any atom is -0.481 e. The Morgan fingerprint density at radius 1 is 1.58 bits per heavy atom. The second-order valence-electron chi connectivity index (χ2n) is 5.00. The van der Waals surface area contributed by atoms with Gasteiger partial charge in [0.1, 0.15) is 0 Å². The molecule has 2 heterocycles. The molecule has 0 bridgehead atoms. The zero-order valence-corrected chi connectivity index (χ0v) is 11.5. The number of amides is 1. The van der Waals surface area contributed by atoms with Gasteiger partial charge in [-0.05, 0) is 31.9 Å². The summed E-state index contributed by atoms with van der Waals surface area (Å²) in [5.74, 6) is 0.855. The van der Waals surface area contributed by atoms with E-state index in [2.05, 4.69) is 22.5 Å². The second-order valence-corrected chi connectivity index (χ2v) is 5.00. The van der Waals surface area contributed by atoms with Crippen LogP contribution in [0.25, 0.3) is 0 Å². The molecule has 2 N–H and O–H groups in total. The summed E-state index contributed by atoms with van der Waals surface area (Å²) in [5.41, 5.74) is 0.983. The number of nitrogens with zero attached hydrogens (tertiary/aromatic N) is 1. The van der Waals surface area contributed by atoms with E-state index in [-0.39, 0.29) is 11.8 Å². The lowest BCUT2D eigenvalue weighted by Crippen LogP contribution is -2.42. The molecule has 0 saturated carbocycles. The maximum atomic E-state index is 12.1. The van der Waals surface area contributed by atoms with E-state index in [0.717, 1.165) is 24.9 Å². The Morgan fingerprint density at radius 2 is 2.42 bits per heavy atom. The fraction of sp³-hybridized carbons (Fsp3) is 0.571. The van der Waals surface area contributed by atoms with Crippen LogP contribution >= 0.6 is 0 Å². The van der Waals surface area contributed by atoms with Crippen LogP contribution in [0.5, 0.6) is 5.88 Å². The molecular formula is C14H21N3O2. The van der Waals surface area contributed by atoms with Crippen molar-refractivity contribution in [1.29, 1.82) is 0 Å². The standard InChI is InChI=1S/C14H21N3O2/c1-10-7-12(5-6-15-10)14(18)17-9-11-3-4-13(19-2)16-8-11/h3-4,8,10,12,15H,5-7,9H2,1-2H3,(H,17,18)/t10-,12-/m0/s1. The summed E-state index contributed by atoms with van der Waals surface area (Å²) in [6.45, 7) is 3.56. The SMILES string of the molecule is COc1ccc(CNC(=O)[C@H]2CCN[C@@H](C)C2)cn1. The van der Waals surface area contributed by atoms with Gasteiger partial charge in [0.15, 0.2) is 0 Å². The largest absolute Gasteiger partial charge is 0.481 e. The van der Waals surface area contributed by atoms with Crippen LogP contribution in [0.15, 0.2) is 18.3 Å². The van der Waals surface area contributed by atoms with Gasteiger partial charge in [0.05, 0.1) is 7.11 Å². The number of pyridine rings is 1. The number of carbonyl (C=O) groups excluding carboxylic acids is 1. The first-order chi connectivity index (χ1) is 9.19. The Bertz CT molecular complexity index is 419. The number of carbonyl (C=O) groups is 1. The second kappa shape index (κ2) is 6.52. The van der Waals surface area contributed by atoms with Gasteiger partial charge in [-0.15, -0.1) is 0 Å². The first-order valence-corrected chi connectivity index (χ1v) is 6.69. The lowest BCUT2D eigenvalue weighted by molar-refractivity contribution is -0.126. The van der Waals surface area contributed by atoms with Crippen molar-refractivity contribution < 1.29 is 9.53 Å². The highest BCUT2D eigenvalue weighted by Gasteiger charge is 2.24. The van der Waals surface area contributed by atoms with E-state index in [0.29, 0.717) is 18.5 Å². The van der Waals surface area contributed by atoms with Gasteiger partial charge in [0.2, 0.25) is 11.8 Å². The van der Waals surface area contributed by atoms with Gasteiger partial charge < -0.3 is 15.4 Å². The Hall–Kier alpha value is -1.62. The number of piperidine rings is 1. The number of rotatable bonds is 4. The van der Waals surface area contributed by atoms with Crippen LogP contribution in [-0.2, 0) is 11.3 Å². The van der Waals surface area contributed by atoms with Crippen LogP contribution in [0, 0.1) is 5.92 Å². The van der Waals surface area contributed by atoms with Crippen molar-refractivity contribution in [2.75, 3.05) is 13.7 Å². The monoisotopic (exact) mass is 263 g/mol. The average Bonchev–Trinajstić information content (AvgIpc) is 2.45. The van der Waals surface area contributed by atoms with Gasteiger partial charge in [0, 0.05) is 30.8 Å². The maximum Gasteiger partial charge on any atom is 0.223 e. The molecule has 5 nitrogen and oxygen atoms in total. The summed E-state index contributed by atoms with van der Waals surface area (Å²) in [6.07, 6.45) is 3.55. The van der Waals surface area contributed by atoms with Crippen molar-refractivity contribution in [2.45, 2.75) is 32.4 Å². The lowest BCUT2D eigenvalue weighted by Gasteiger charge is -2.27. The molecule has 1 aliphatic heterocycles. The Kier molecular flexibility index (Phi) is 4.74. The topological polar surface area (TPSA) is 63.2 Å². The average molecular weight is 263 g/mol. The van der Waals surface area contributed by atoms with E-state index in [1.807, 2.05) is 6.07 Å². The van der Waals surface area contributed by atoms with Crippen LogP contribution in [0.3, 0.4) is 0 Å². The highest BCUT2D eigenvalue weighted by Crippen LogP contribution is 2.16. The van der Waals surface area contributed by atoms with Crippen LogP contribution in [0.1, 0.15) is 25.3 Å². The molecule has 5 heteroatoms. The van der Waals surface area contributed by atoms with Gasteiger partial charge in [0.25, 0.3) is 0 Å². The summed E-state index contributed by atoms with van der Waals surface area (Å²) in [7, 11) is 1.59. The Balaban J connectivity index is 1.82. The molecule has 1 amide bonds. The molecule has 19 heavy (non-hydrogen) atoms. The summed E-state index contributed by atoms with van der Waals surface area (Å²) in [6, 6.07) is 4.14. The fourth-order valence-corrected chi connectivity index (χ4v) is 2.34. The molecule has 1 aromatic rings. The summed E-state index contributed by atoms with van der Waals surface area (Å²) < 4.78 is 5.00. The third-order valence-electron chi connectivity index (χ3n) is 3.47. The fourth-order valence-electron chi connectivity index (χ4n) is 2.34. The molecule has 1 saturated heterocycles. The first kappa shape index (κ1) is 13.8. The third kappa shape index (κ3) is 3.92. The summed E-state index contributed by atoms with van der Waals surface area (Å²) in [5, 5.41) is 6.33. The lowest BCUT2D eigenvalue weighted by atomic mass is 9.92. The molecular weight excluding hydrogens is 242 g/mol. The van der Waals surface area contributed by atoms with E-state index >= 15 is 0 Å². The highest BCUT2D eigenvalue weighted by atomic mass is 16.5. The molecule has 1 fully saturated rings. The van der Waals surface area contributed by atoms with E-state index in [4.69, 9.17) is 4.74 Å². The van der Waals surface area contributed by atoms with E-state index < -0.39 is 0 Å². The molecule has 0 aromatic carbocycles. The van der Waals surface area contributed by atoms with Crippen molar-refractivity contribution in [2.24, 2.45) is 5.92 Å². The van der Waals surface area contributed by atoms with Crippen LogP contribution in [0.2, 0.25) is 0 Å². The molecule has 0 aliphatic carbocycles. The minimum atomic E-state index is 0.127. The number of hydrogen-bond acceptors (Lipinski definition) is 4. The quantitative estimate of drug-likeness (QED) is 0.853. The van der Waals surface area contributed by atoms with Crippen molar-refractivity contribution in [3.05, 3.63) is 23.9 Å². The van der Waals surface area contributed by atoms with E-state index in [1.54, 1.807) is 19.4 Å². The number of methoxy groups -OCH3 is 1. The van der Waals surface area contributed by atoms with Crippen molar-refractivity contribution >= 4 is 5.91 Å². The van der Waals surface area contributed by atoms with Gasteiger partial charge in [-0.25, -0.2) is 4.98 Å². The predicted octanol–water partition coefficient (Wildman–Crippen LogP) is 1.09. The van der Waals surface area contributed by atoms with Gasteiger partial charge >= 0.3 is 0 Å². The third-order valence-corrected chi connectivity index (χ3v) is 3.47. The van der Waals surface area contributed by atoms with Gasteiger partial charge in [-0.1, -0.05) is 6.07 Å². The molecule has 2 atom stereocenters. The number of aromatic nitrogens is 1. The zero-order valence-electron chi connectivity index (χ0n) is 11.5. The van der Waals surface area contributed by atoms with Crippen LogP contribution in [-0.4, -0.2) is 30.6 Å². The molecule has 0 unspecified atom stereocenters. The number of hydrogen-bond donors (Lipinski definition) is 2. The van der Waals surface area contributed by atoms with Gasteiger partial charge in [-0.2, -0.15) is 0 Å². The van der Waals surface area contributed by atoms with E-state index in [1.165, 1.54) is 0 Å². The van der Waals surface area contributed by atoms with Crippen LogP contribution < -0.4 is 15.4 Å². The summed E-state index contributed by atoms with van der Waals surface area (Å²) >= 11 is 0. The molecule has 0 spiro atoms. The highest BCUT2D eigenvalue weighted by molar-refractivity contribution is 5.78. The molecule has 0 radical (unpaired) electrons. The minimum absolute atomic E-state index is 0.127. The number of ether oxygens (including phenoxy) is 1. The smallest absolute Gasteiger partial charge is 0.223 e. The first-order valence-electron chi connectivity index (χ1n) is 6.69. The molecule has 1 aliphatic rings. The van der Waals surface area contributed by atoms with Crippen molar-refractivity contribution in [1.82, 2.24) is 15.6 Å². The van der Waals surface area contributed by atoms with E-state index in [9.17, 15) is 4.79 Å². The maximum absolute atomic E-state index is 12.1. The normalized spacial score (nSPS) is 22.8. The molecule has 1 aromatic heterocycles. The van der Waals surface area contributed by atoms with Crippen molar-refractivity contribution in [3.63, 3.8) is 0 Å². The van der Waals surface area contributed by atoms with Gasteiger partial charge in [-0.3, -0.25) is 4.79 Å². The Labute approximate surface area is 113 Å². The Morgan fingerprint density at radius 3 is 3.05 bits per heavy atom. The zero-order chi connectivity index (χ0) is 13.7.